The smallest absolute Gasteiger partial charge is 0.379 e. The highest BCUT2D eigenvalue weighted by atomic mass is 19.3. The van der Waals surface area contributed by atoms with E-state index >= 15 is 0 Å². The molecule has 0 aromatic carbocycles. The van der Waals surface area contributed by atoms with Gasteiger partial charge >= 0.3 is 11.9 Å². The number of halogens is 2. The highest BCUT2D eigenvalue weighted by molar-refractivity contribution is 5.78. The lowest BCUT2D eigenvalue weighted by atomic mass is 10.1. The number of aryl methyl sites for hydroxylation is 1. The number of alkyl halides is 2. The van der Waals surface area contributed by atoms with E-state index in [2.05, 4.69) is 4.74 Å². The molecule has 0 amide bonds. The van der Waals surface area contributed by atoms with E-state index in [0.717, 1.165) is 0 Å². The first kappa shape index (κ1) is 12.6. The lowest BCUT2D eigenvalue weighted by Crippen LogP contribution is -2.42. The molecule has 0 unspecified atom stereocenters. The van der Waals surface area contributed by atoms with E-state index in [4.69, 9.17) is 5.73 Å². The van der Waals surface area contributed by atoms with Gasteiger partial charge in [-0.3, -0.25) is 0 Å². The molecule has 0 radical (unpaired) electrons. The van der Waals surface area contributed by atoms with Crippen molar-refractivity contribution in [2.75, 3.05) is 6.61 Å². The molecule has 6 heteroatoms. The summed E-state index contributed by atoms with van der Waals surface area (Å²) >= 11 is 0. The Bertz CT molecular complexity index is 377. The van der Waals surface area contributed by atoms with Crippen molar-refractivity contribution in [1.82, 2.24) is 4.57 Å². The van der Waals surface area contributed by atoms with Crippen LogP contribution in [-0.4, -0.2) is 23.1 Å². The second-order valence-corrected chi connectivity index (χ2v) is 3.37. The van der Waals surface area contributed by atoms with E-state index in [-0.39, 0.29) is 12.3 Å². The number of nitrogens with zero attached hydrogens (tertiary/aromatic N) is 1. The zero-order valence-corrected chi connectivity index (χ0v) is 9.11. The number of carbonyl (C=O) groups excluding carboxylic acids is 1. The molecule has 0 spiro atoms. The Kier molecular flexibility index (Phi) is 3.64. The maximum atomic E-state index is 13.5. The van der Waals surface area contributed by atoms with Crippen LogP contribution in [0.2, 0.25) is 0 Å². The molecule has 1 aromatic rings. The zero-order valence-electron chi connectivity index (χ0n) is 9.11. The Hall–Kier alpha value is -1.43. The zero-order chi connectivity index (χ0) is 12.3. The summed E-state index contributed by atoms with van der Waals surface area (Å²) in [6.45, 7) is 1.36. The van der Waals surface area contributed by atoms with Gasteiger partial charge in [0, 0.05) is 18.9 Å². The number of rotatable bonds is 4. The van der Waals surface area contributed by atoms with Crippen LogP contribution in [0.3, 0.4) is 0 Å². The second-order valence-electron chi connectivity index (χ2n) is 3.37. The Balaban J connectivity index is 2.92. The van der Waals surface area contributed by atoms with Crippen molar-refractivity contribution in [3.05, 3.63) is 24.0 Å². The van der Waals surface area contributed by atoms with Crippen LogP contribution < -0.4 is 5.73 Å². The van der Waals surface area contributed by atoms with Crippen LogP contribution in [-0.2, 0) is 16.6 Å². The number of hydrogen-bond acceptors (Lipinski definition) is 3. The van der Waals surface area contributed by atoms with Gasteiger partial charge in [-0.2, -0.15) is 8.78 Å². The monoisotopic (exact) mass is 232 g/mol. The Morgan fingerprint density at radius 3 is 2.75 bits per heavy atom. The van der Waals surface area contributed by atoms with Gasteiger partial charge < -0.3 is 15.0 Å². The second kappa shape index (κ2) is 4.61. The van der Waals surface area contributed by atoms with Crippen LogP contribution in [0, 0.1) is 0 Å². The first-order chi connectivity index (χ1) is 7.41. The van der Waals surface area contributed by atoms with Crippen molar-refractivity contribution in [3.63, 3.8) is 0 Å². The minimum Gasteiger partial charge on any atom is -0.462 e. The summed E-state index contributed by atoms with van der Waals surface area (Å²) in [6, 6.07) is 1.32. The fraction of sp³-hybridized carbons (Fsp3) is 0.500. The molecule has 0 saturated heterocycles. The minimum absolute atomic E-state index is 0.103. The van der Waals surface area contributed by atoms with E-state index in [9.17, 15) is 13.6 Å². The fourth-order valence-corrected chi connectivity index (χ4v) is 1.34. The third-order valence-electron chi connectivity index (χ3n) is 2.24. The Morgan fingerprint density at radius 2 is 2.31 bits per heavy atom. The molecule has 0 aliphatic carbocycles. The fourth-order valence-electron chi connectivity index (χ4n) is 1.34. The van der Waals surface area contributed by atoms with Crippen LogP contribution in [0.4, 0.5) is 8.78 Å². The molecule has 1 aromatic heterocycles. The van der Waals surface area contributed by atoms with Crippen LogP contribution in [0.5, 0.6) is 0 Å². The first-order valence-electron chi connectivity index (χ1n) is 4.83. The van der Waals surface area contributed by atoms with Crippen molar-refractivity contribution < 1.29 is 18.3 Å². The highest BCUT2D eigenvalue weighted by Crippen LogP contribution is 2.30. The molecule has 2 N–H and O–H groups in total. The number of hydrogen-bond donors (Lipinski definition) is 1. The summed E-state index contributed by atoms with van der Waals surface area (Å²) in [5.41, 5.74) is 5.56. The molecule has 1 heterocycles. The summed E-state index contributed by atoms with van der Waals surface area (Å²) in [6.07, 6.45) is 1.58. The molecule has 1 rings (SSSR count). The van der Waals surface area contributed by atoms with Gasteiger partial charge in [-0.05, 0) is 19.1 Å². The summed E-state index contributed by atoms with van der Waals surface area (Å²) in [5.74, 6) is -5.31. The molecule has 0 fully saturated rings. The molecule has 0 aliphatic heterocycles. The number of esters is 1. The molecule has 0 saturated carbocycles. The van der Waals surface area contributed by atoms with Crippen LogP contribution in [0.25, 0.3) is 0 Å². The number of carbonyl (C=O) groups is 1. The quantitative estimate of drug-likeness (QED) is 0.794. The van der Waals surface area contributed by atoms with Gasteiger partial charge in [0.15, 0.2) is 0 Å². The average Bonchev–Trinajstić information content (AvgIpc) is 2.63. The molecule has 0 aliphatic rings. The number of nitrogens with two attached hydrogens (primary N) is 1. The van der Waals surface area contributed by atoms with Gasteiger partial charge in [0.2, 0.25) is 0 Å². The normalized spacial score (nSPS) is 13.6. The minimum atomic E-state index is -3.72. The maximum Gasteiger partial charge on any atom is 0.379 e. The first-order valence-corrected chi connectivity index (χ1v) is 4.83. The highest BCUT2D eigenvalue weighted by Gasteiger charge is 2.48. The van der Waals surface area contributed by atoms with Crippen molar-refractivity contribution in [2.45, 2.75) is 18.9 Å². The van der Waals surface area contributed by atoms with Crippen molar-refractivity contribution in [2.24, 2.45) is 12.8 Å². The summed E-state index contributed by atoms with van der Waals surface area (Å²) in [5, 5.41) is 0. The van der Waals surface area contributed by atoms with Gasteiger partial charge in [-0.25, -0.2) is 4.79 Å². The molecule has 16 heavy (non-hydrogen) atoms. The van der Waals surface area contributed by atoms with E-state index in [1.165, 1.54) is 17.6 Å². The molecular weight excluding hydrogens is 218 g/mol. The van der Waals surface area contributed by atoms with E-state index in [1.54, 1.807) is 19.3 Å². The standard InChI is InChI=1S/C10H14F2N2O2/c1-3-16-9(15)10(11,12)8(13)7-5-4-6-14(7)2/h4-6,8H,3,13H2,1-2H3/t8-/m1/s1. The van der Waals surface area contributed by atoms with Gasteiger partial charge in [0.1, 0.15) is 6.04 Å². The molecule has 90 valence electrons. The number of ether oxygens (including phenoxy) is 1. The average molecular weight is 232 g/mol. The SMILES string of the molecule is CCOC(=O)C(F)(F)[C@H](N)c1cccn1C. The molecular formula is C10H14F2N2O2. The van der Waals surface area contributed by atoms with E-state index in [1.807, 2.05) is 0 Å². The predicted octanol–water partition coefficient (Wildman–Crippen LogP) is 1.22. The lowest BCUT2D eigenvalue weighted by molar-refractivity contribution is -0.175. The van der Waals surface area contributed by atoms with Gasteiger partial charge in [0.25, 0.3) is 0 Å². The van der Waals surface area contributed by atoms with Crippen LogP contribution in [0.15, 0.2) is 18.3 Å². The van der Waals surface area contributed by atoms with Crippen LogP contribution >= 0.6 is 0 Å². The van der Waals surface area contributed by atoms with E-state index in [0.29, 0.717) is 0 Å². The van der Waals surface area contributed by atoms with Crippen molar-refractivity contribution in [1.29, 1.82) is 0 Å². The van der Waals surface area contributed by atoms with Crippen LogP contribution in [0.1, 0.15) is 18.7 Å². The lowest BCUT2D eigenvalue weighted by Gasteiger charge is -2.22. The molecule has 0 bridgehead atoms. The third-order valence-corrected chi connectivity index (χ3v) is 2.24. The topological polar surface area (TPSA) is 57.2 Å². The molecule has 1 atom stereocenters. The van der Waals surface area contributed by atoms with Crippen molar-refractivity contribution >= 4 is 5.97 Å². The predicted molar refractivity (Wildman–Crippen MR) is 53.9 cm³/mol. The largest absolute Gasteiger partial charge is 0.462 e. The third kappa shape index (κ3) is 2.21. The van der Waals surface area contributed by atoms with Crippen molar-refractivity contribution in [3.8, 4) is 0 Å². The van der Waals surface area contributed by atoms with Gasteiger partial charge in [0.05, 0.1) is 6.61 Å². The summed E-state index contributed by atoms with van der Waals surface area (Å²) < 4.78 is 32.8. The number of aromatic nitrogens is 1. The molecule has 4 nitrogen and oxygen atoms in total. The van der Waals surface area contributed by atoms with Gasteiger partial charge in [-0.1, -0.05) is 0 Å². The Labute approximate surface area is 92.0 Å². The summed E-state index contributed by atoms with van der Waals surface area (Å²) in [4.78, 5) is 11.1. The van der Waals surface area contributed by atoms with Gasteiger partial charge in [-0.15, -0.1) is 0 Å². The maximum absolute atomic E-state index is 13.5. The summed E-state index contributed by atoms with van der Waals surface area (Å²) in [7, 11) is 1.58. The van der Waals surface area contributed by atoms with E-state index < -0.39 is 17.9 Å². The Morgan fingerprint density at radius 1 is 1.69 bits per heavy atom.